The molecule has 68 valence electrons. The van der Waals surface area contributed by atoms with Gasteiger partial charge in [-0.15, -0.1) is 0 Å². The molecule has 0 fully saturated rings. The minimum atomic E-state index is 0.411. The Hall–Kier alpha value is -0.970. The minimum Gasteiger partial charge on any atom is -0.217 e. The smallest absolute Gasteiger partial charge is 0.201 e. The van der Waals surface area contributed by atoms with Gasteiger partial charge in [-0.05, 0) is 21.8 Å². The van der Waals surface area contributed by atoms with Crippen LogP contribution in [-0.2, 0) is 0 Å². The standard InChI is InChI=1S/C8H9BrN4/c1-5(2)6-3-7-10-4-11-8(9)13(7)12-6/h3-5H,1-2H3. The van der Waals surface area contributed by atoms with Crippen molar-refractivity contribution in [3.8, 4) is 0 Å². The van der Waals surface area contributed by atoms with Gasteiger partial charge in [0.2, 0.25) is 4.73 Å². The zero-order chi connectivity index (χ0) is 9.42. The predicted molar refractivity (Wildman–Crippen MR) is 52.6 cm³/mol. The van der Waals surface area contributed by atoms with E-state index in [-0.39, 0.29) is 0 Å². The second-order valence-corrected chi connectivity index (χ2v) is 3.85. The molecule has 2 aromatic rings. The van der Waals surface area contributed by atoms with Crippen LogP contribution in [0.25, 0.3) is 5.65 Å². The van der Waals surface area contributed by atoms with Gasteiger partial charge in [0.25, 0.3) is 0 Å². The first-order valence-electron chi connectivity index (χ1n) is 4.04. The maximum absolute atomic E-state index is 4.36. The molecule has 0 unspecified atom stereocenters. The zero-order valence-electron chi connectivity index (χ0n) is 7.40. The van der Waals surface area contributed by atoms with Gasteiger partial charge in [-0.25, -0.2) is 9.97 Å². The van der Waals surface area contributed by atoms with Gasteiger partial charge in [0.05, 0.1) is 5.69 Å². The fourth-order valence-electron chi connectivity index (χ4n) is 1.09. The molecule has 2 aromatic heterocycles. The lowest BCUT2D eigenvalue weighted by Crippen LogP contribution is -1.95. The highest BCUT2D eigenvalue weighted by Crippen LogP contribution is 2.15. The first kappa shape index (κ1) is 8.62. The molecule has 13 heavy (non-hydrogen) atoms. The Morgan fingerprint density at radius 2 is 2.15 bits per heavy atom. The summed E-state index contributed by atoms with van der Waals surface area (Å²) in [6.07, 6.45) is 1.52. The van der Waals surface area contributed by atoms with Crippen molar-refractivity contribution < 1.29 is 0 Å². The van der Waals surface area contributed by atoms with Crippen LogP contribution < -0.4 is 0 Å². The van der Waals surface area contributed by atoms with E-state index in [4.69, 9.17) is 0 Å². The molecule has 4 nitrogen and oxygen atoms in total. The molecule has 0 bridgehead atoms. The summed E-state index contributed by atoms with van der Waals surface area (Å²) in [5.41, 5.74) is 1.85. The number of rotatable bonds is 1. The average molecular weight is 241 g/mol. The second-order valence-electron chi connectivity index (χ2n) is 3.14. The Kier molecular flexibility index (Phi) is 2.03. The van der Waals surface area contributed by atoms with E-state index in [2.05, 4.69) is 44.8 Å². The van der Waals surface area contributed by atoms with Crippen molar-refractivity contribution in [3.05, 3.63) is 22.8 Å². The normalized spacial score (nSPS) is 11.4. The van der Waals surface area contributed by atoms with Crippen LogP contribution in [0.4, 0.5) is 0 Å². The Morgan fingerprint density at radius 3 is 2.77 bits per heavy atom. The van der Waals surface area contributed by atoms with Gasteiger partial charge >= 0.3 is 0 Å². The van der Waals surface area contributed by atoms with Crippen molar-refractivity contribution in [2.24, 2.45) is 0 Å². The number of aromatic nitrogens is 4. The molecule has 0 saturated heterocycles. The van der Waals surface area contributed by atoms with E-state index >= 15 is 0 Å². The third-order valence-electron chi connectivity index (χ3n) is 1.83. The summed E-state index contributed by atoms with van der Waals surface area (Å²) >= 11 is 3.31. The molecular formula is C8H9BrN4. The molecule has 2 heterocycles. The number of fused-ring (bicyclic) bond motifs is 1. The lowest BCUT2D eigenvalue weighted by Gasteiger charge is -1.95. The van der Waals surface area contributed by atoms with Crippen LogP contribution in [0.15, 0.2) is 17.1 Å². The van der Waals surface area contributed by atoms with Crippen LogP contribution in [0.3, 0.4) is 0 Å². The number of hydrogen-bond acceptors (Lipinski definition) is 3. The van der Waals surface area contributed by atoms with Crippen LogP contribution in [0, 0.1) is 0 Å². The molecular weight excluding hydrogens is 232 g/mol. The summed E-state index contributed by atoms with van der Waals surface area (Å²) in [6.45, 7) is 4.20. The summed E-state index contributed by atoms with van der Waals surface area (Å²) in [5.74, 6) is 0.411. The van der Waals surface area contributed by atoms with Gasteiger partial charge in [0.15, 0.2) is 5.65 Å². The van der Waals surface area contributed by atoms with Crippen LogP contribution >= 0.6 is 15.9 Å². The molecule has 0 aliphatic carbocycles. The summed E-state index contributed by atoms with van der Waals surface area (Å²) in [6, 6.07) is 1.97. The van der Waals surface area contributed by atoms with Gasteiger partial charge < -0.3 is 0 Å². The van der Waals surface area contributed by atoms with Crippen LogP contribution in [0.1, 0.15) is 25.5 Å². The van der Waals surface area contributed by atoms with Crippen LogP contribution in [0.5, 0.6) is 0 Å². The van der Waals surface area contributed by atoms with E-state index < -0.39 is 0 Å². The third-order valence-corrected chi connectivity index (χ3v) is 2.37. The zero-order valence-corrected chi connectivity index (χ0v) is 8.98. The quantitative estimate of drug-likeness (QED) is 0.766. The van der Waals surface area contributed by atoms with Crippen molar-refractivity contribution in [3.63, 3.8) is 0 Å². The second kappa shape index (κ2) is 3.06. The molecule has 5 heteroatoms. The fraction of sp³-hybridized carbons (Fsp3) is 0.375. The van der Waals surface area contributed by atoms with E-state index in [0.717, 1.165) is 11.3 Å². The highest BCUT2D eigenvalue weighted by atomic mass is 79.9. The van der Waals surface area contributed by atoms with Crippen molar-refractivity contribution in [2.45, 2.75) is 19.8 Å². The molecule has 0 amide bonds. The third kappa shape index (κ3) is 1.44. The molecule has 0 radical (unpaired) electrons. The van der Waals surface area contributed by atoms with E-state index in [0.29, 0.717) is 10.7 Å². The molecule has 0 N–H and O–H groups in total. The number of hydrogen-bond donors (Lipinski definition) is 0. The predicted octanol–water partition coefficient (Wildman–Crippen LogP) is 2.01. The van der Waals surface area contributed by atoms with Crippen molar-refractivity contribution in [2.75, 3.05) is 0 Å². The Morgan fingerprint density at radius 1 is 1.38 bits per heavy atom. The summed E-state index contributed by atoms with van der Waals surface area (Å²) < 4.78 is 2.37. The monoisotopic (exact) mass is 240 g/mol. The first-order chi connectivity index (χ1) is 6.18. The minimum absolute atomic E-state index is 0.411. The van der Waals surface area contributed by atoms with Gasteiger partial charge in [-0.1, -0.05) is 13.8 Å². The molecule has 0 aliphatic rings. The van der Waals surface area contributed by atoms with Crippen LogP contribution in [0.2, 0.25) is 0 Å². The summed E-state index contributed by atoms with van der Waals surface area (Å²) in [7, 11) is 0. The van der Waals surface area contributed by atoms with Gasteiger partial charge in [0, 0.05) is 6.07 Å². The molecule has 0 atom stereocenters. The lowest BCUT2D eigenvalue weighted by atomic mass is 10.1. The SMILES string of the molecule is CC(C)c1cc2ncnc(Br)n2n1. The van der Waals surface area contributed by atoms with Crippen molar-refractivity contribution >= 4 is 21.6 Å². The number of halogens is 1. The maximum Gasteiger partial charge on any atom is 0.201 e. The van der Waals surface area contributed by atoms with Gasteiger partial charge in [0.1, 0.15) is 6.33 Å². The average Bonchev–Trinajstić information content (AvgIpc) is 2.49. The fourth-order valence-corrected chi connectivity index (χ4v) is 1.44. The highest BCUT2D eigenvalue weighted by molar-refractivity contribution is 9.10. The van der Waals surface area contributed by atoms with Crippen molar-refractivity contribution in [1.82, 2.24) is 19.6 Å². The Labute approximate surface area is 84.1 Å². The van der Waals surface area contributed by atoms with Crippen molar-refractivity contribution in [1.29, 1.82) is 0 Å². The number of nitrogens with zero attached hydrogens (tertiary/aromatic N) is 4. The van der Waals surface area contributed by atoms with E-state index in [9.17, 15) is 0 Å². The van der Waals surface area contributed by atoms with Gasteiger partial charge in [-0.3, -0.25) is 0 Å². The molecule has 0 aromatic carbocycles. The van der Waals surface area contributed by atoms with E-state index in [1.54, 1.807) is 4.52 Å². The molecule has 0 aliphatic heterocycles. The highest BCUT2D eigenvalue weighted by Gasteiger charge is 2.07. The Balaban J connectivity index is 2.68. The summed E-state index contributed by atoms with van der Waals surface area (Å²) in [4.78, 5) is 8.09. The molecule has 2 rings (SSSR count). The summed E-state index contributed by atoms with van der Waals surface area (Å²) in [5, 5.41) is 4.36. The topological polar surface area (TPSA) is 43.1 Å². The largest absolute Gasteiger partial charge is 0.217 e. The lowest BCUT2D eigenvalue weighted by molar-refractivity contribution is 0.767. The van der Waals surface area contributed by atoms with Gasteiger partial charge in [-0.2, -0.15) is 9.61 Å². The molecule has 0 spiro atoms. The maximum atomic E-state index is 4.36. The van der Waals surface area contributed by atoms with E-state index in [1.165, 1.54) is 6.33 Å². The van der Waals surface area contributed by atoms with Crippen LogP contribution in [-0.4, -0.2) is 19.6 Å². The molecule has 0 saturated carbocycles. The first-order valence-corrected chi connectivity index (χ1v) is 4.84. The Bertz CT molecular complexity index is 435. The van der Waals surface area contributed by atoms with E-state index in [1.807, 2.05) is 6.07 Å².